The number of benzene rings is 2. The maximum Gasteiger partial charge on any atom is 0.276 e. The van der Waals surface area contributed by atoms with E-state index in [1.54, 1.807) is 16.8 Å². The predicted molar refractivity (Wildman–Crippen MR) is 99.6 cm³/mol. The second-order valence-electron chi connectivity index (χ2n) is 6.29. The highest BCUT2D eigenvalue weighted by Crippen LogP contribution is 2.26. The molecule has 3 aromatic rings. The average Bonchev–Trinajstić information content (AvgIpc) is 3.04. The number of hydrogen-bond donors (Lipinski definition) is 2. The Morgan fingerprint density at radius 3 is 2.73 bits per heavy atom. The molecule has 0 spiro atoms. The molecule has 2 N–H and O–H groups in total. The molecule has 26 heavy (non-hydrogen) atoms. The SMILES string of the molecule is Cc1cc(C(=O)Nc2ccc3c(c2)CCC(=O)N3)nn1-c1ccccc1. The smallest absolute Gasteiger partial charge is 0.276 e. The topological polar surface area (TPSA) is 76.0 Å². The van der Waals surface area contributed by atoms with E-state index in [0.717, 1.165) is 22.6 Å². The minimum absolute atomic E-state index is 0.0243. The van der Waals surface area contributed by atoms with Gasteiger partial charge in [0.2, 0.25) is 5.91 Å². The van der Waals surface area contributed by atoms with Gasteiger partial charge in [-0.25, -0.2) is 4.68 Å². The Morgan fingerprint density at radius 2 is 1.92 bits per heavy atom. The number of amides is 2. The molecule has 0 unspecified atom stereocenters. The van der Waals surface area contributed by atoms with Crippen molar-refractivity contribution in [3.63, 3.8) is 0 Å². The van der Waals surface area contributed by atoms with Crippen molar-refractivity contribution in [2.24, 2.45) is 0 Å². The lowest BCUT2D eigenvalue weighted by Gasteiger charge is -2.17. The van der Waals surface area contributed by atoms with Gasteiger partial charge in [-0.15, -0.1) is 0 Å². The molecule has 0 radical (unpaired) electrons. The van der Waals surface area contributed by atoms with Gasteiger partial charge in [0, 0.05) is 23.5 Å². The highest BCUT2D eigenvalue weighted by molar-refractivity contribution is 6.03. The van der Waals surface area contributed by atoms with Gasteiger partial charge >= 0.3 is 0 Å². The van der Waals surface area contributed by atoms with Crippen molar-refractivity contribution in [3.8, 4) is 5.69 Å². The molecule has 2 amide bonds. The lowest BCUT2D eigenvalue weighted by Crippen LogP contribution is -2.19. The summed E-state index contributed by atoms with van der Waals surface area (Å²) >= 11 is 0. The molecule has 2 aromatic carbocycles. The van der Waals surface area contributed by atoms with Gasteiger partial charge in [-0.3, -0.25) is 9.59 Å². The molecular formula is C20H18N4O2. The zero-order chi connectivity index (χ0) is 18.1. The van der Waals surface area contributed by atoms with Crippen LogP contribution < -0.4 is 10.6 Å². The van der Waals surface area contributed by atoms with Crippen LogP contribution in [0.4, 0.5) is 11.4 Å². The summed E-state index contributed by atoms with van der Waals surface area (Å²) in [6, 6.07) is 16.9. The third-order valence-electron chi connectivity index (χ3n) is 4.38. The number of carbonyl (C=O) groups is 2. The Morgan fingerprint density at radius 1 is 1.12 bits per heavy atom. The summed E-state index contributed by atoms with van der Waals surface area (Å²) in [6.07, 6.45) is 1.14. The van der Waals surface area contributed by atoms with Crippen molar-refractivity contribution in [2.75, 3.05) is 10.6 Å². The summed E-state index contributed by atoms with van der Waals surface area (Å²) in [5, 5.41) is 10.1. The number of carbonyl (C=O) groups excluding carboxylic acids is 2. The molecule has 4 rings (SSSR count). The predicted octanol–water partition coefficient (Wildman–Crippen LogP) is 3.32. The van der Waals surface area contributed by atoms with E-state index < -0.39 is 0 Å². The van der Waals surface area contributed by atoms with E-state index in [2.05, 4.69) is 15.7 Å². The first-order valence-corrected chi connectivity index (χ1v) is 8.46. The van der Waals surface area contributed by atoms with Crippen LogP contribution in [0.3, 0.4) is 0 Å². The third kappa shape index (κ3) is 3.09. The zero-order valence-corrected chi connectivity index (χ0v) is 14.3. The number of aromatic nitrogens is 2. The summed E-state index contributed by atoms with van der Waals surface area (Å²) in [5.41, 5.74) is 4.68. The molecule has 6 heteroatoms. The summed E-state index contributed by atoms with van der Waals surface area (Å²) in [6.45, 7) is 1.92. The maximum absolute atomic E-state index is 12.6. The van der Waals surface area contributed by atoms with Crippen molar-refractivity contribution < 1.29 is 9.59 Å². The van der Waals surface area contributed by atoms with Gasteiger partial charge in [0.25, 0.3) is 5.91 Å². The molecule has 130 valence electrons. The van der Waals surface area contributed by atoms with E-state index in [1.165, 1.54) is 0 Å². The Balaban J connectivity index is 1.55. The van der Waals surface area contributed by atoms with Crippen molar-refractivity contribution >= 4 is 23.2 Å². The van der Waals surface area contributed by atoms with E-state index in [4.69, 9.17) is 0 Å². The number of hydrogen-bond acceptors (Lipinski definition) is 3. The summed E-state index contributed by atoms with van der Waals surface area (Å²) in [5.74, 6) is -0.237. The van der Waals surface area contributed by atoms with Crippen LogP contribution in [0, 0.1) is 6.92 Å². The number of nitrogens with one attached hydrogen (secondary N) is 2. The molecule has 0 atom stereocenters. The van der Waals surface area contributed by atoms with E-state index in [1.807, 2.05) is 49.4 Å². The van der Waals surface area contributed by atoms with Gasteiger partial charge < -0.3 is 10.6 Å². The minimum Gasteiger partial charge on any atom is -0.326 e. The molecule has 0 fully saturated rings. The second-order valence-corrected chi connectivity index (χ2v) is 6.29. The van der Waals surface area contributed by atoms with Crippen LogP contribution in [0.5, 0.6) is 0 Å². The normalized spacial score (nSPS) is 13.0. The number of anilines is 2. The van der Waals surface area contributed by atoms with Crippen LogP contribution in [0.25, 0.3) is 5.69 Å². The first kappa shape index (κ1) is 16.1. The van der Waals surface area contributed by atoms with Crippen LogP contribution in [-0.4, -0.2) is 21.6 Å². The fourth-order valence-corrected chi connectivity index (χ4v) is 3.07. The highest BCUT2D eigenvalue weighted by atomic mass is 16.2. The number of fused-ring (bicyclic) bond motifs is 1. The fourth-order valence-electron chi connectivity index (χ4n) is 3.07. The Bertz CT molecular complexity index is 992. The number of para-hydroxylation sites is 1. The summed E-state index contributed by atoms with van der Waals surface area (Å²) < 4.78 is 1.75. The van der Waals surface area contributed by atoms with Crippen LogP contribution in [-0.2, 0) is 11.2 Å². The van der Waals surface area contributed by atoms with E-state index in [9.17, 15) is 9.59 Å². The average molecular weight is 346 g/mol. The number of rotatable bonds is 3. The molecule has 0 aliphatic carbocycles. The zero-order valence-electron chi connectivity index (χ0n) is 14.3. The van der Waals surface area contributed by atoms with Crippen LogP contribution in [0.2, 0.25) is 0 Å². The molecule has 1 aliphatic heterocycles. The Kier molecular flexibility index (Phi) is 4.01. The Labute approximate surface area is 150 Å². The van der Waals surface area contributed by atoms with Gasteiger partial charge in [-0.2, -0.15) is 5.10 Å². The van der Waals surface area contributed by atoms with E-state index in [0.29, 0.717) is 24.2 Å². The van der Waals surface area contributed by atoms with Gasteiger partial charge in [0.15, 0.2) is 5.69 Å². The summed E-state index contributed by atoms with van der Waals surface area (Å²) in [4.78, 5) is 24.0. The van der Waals surface area contributed by atoms with Crippen LogP contribution in [0.15, 0.2) is 54.6 Å². The molecule has 2 heterocycles. The van der Waals surface area contributed by atoms with Crippen molar-refractivity contribution in [1.82, 2.24) is 9.78 Å². The largest absolute Gasteiger partial charge is 0.326 e. The highest BCUT2D eigenvalue weighted by Gasteiger charge is 2.17. The number of nitrogens with zero attached hydrogens (tertiary/aromatic N) is 2. The molecule has 0 saturated heterocycles. The van der Waals surface area contributed by atoms with Gasteiger partial charge in [0.05, 0.1) is 5.69 Å². The molecule has 1 aromatic heterocycles. The molecule has 0 bridgehead atoms. The fraction of sp³-hybridized carbons (Fsp3) is 0.150. The Hall–Kier alpha value is -3.41. The quantitative estimate of drug-likeness (QED) is 0.764. The molecule has 0 saturated carbocycles. The lowest BCUT2D eigenvalue weighted by atomic mass is 10.0. The molecule has 1 aliphatic rings. The monoisotopic (exact) mass is 346 g/mol. The minimum atomic E-state index is -0.262. The van der Waals surface area contributed by atoms with Gasteiger partial charge in [-0.1, -0.05) is 18.2 Å². The maximum atomic E-state index is 12.6. The summed E-state index contributed by atoms with van der Waals surface area (Å²) in [7, 11) is 0. The molecule has 6 nitrogen and oxygen atoms in total. The first-order chi connectivity index (χ1) is 12.6. The first-order valence-electron chi connectivity index (χ1n) is 8.46. The van der Waals surface area contributed by atoms with Crippen molar-refractivity contribution in [3.05, 3.63) is 71.5 Å². The lowest BCUT2D eigenvalue weighted by molar-refractivity contribution is -0.116. The van der Waals surface area contributed by atoms with E-state index >= 15 is 0 Å². The van der Waals surface area contributed by atoms with Gasteiger partial charge in [0.1, 0.15) is 0 Å². The van der Waals surface area contributed by atoms with Crippen molar-refractivity contribution in [1.29, 1.82) is 0 Å². The third-order valence-corrected chi connectivity index (χ3v) is 4.38. The van der Waals surface area contributed by atoms with Crippen molar-refractivity contribution in [2.45, 2.75) is 19.8 Å². The second kappa shape index (κ2) is 6.48. The molecular weight excluding hydrogens is 328 g/mol. The van der Waals surface area contributed by atoms with E-state index in [-0.39, 0.29) is 11.8 Å². The standard InChI is InChI=1S/C20H18N4O2/c1-13-11-18(23-24(13)16-5-3-2-4-6-16)20(26)21-15-8-9-17-14(12-15)7-10-19(25)22-17/h2-6,8-9,11-12H,7,10H2,1H3,(H,21,26)(H,22,25). The van der Waals surface area contributed by atoms with Crippen LogP contribution in [0.1, 0.15) is 28.2 Å². The van der Waals surface area contributed by atoms with Gasteiger partial charge in [-0.05, 0) is 55.3 Å². The van der Waals surface area contributed by atoms with Crippen LogP contribution >= 0.6 is 0 Å². The number of aryl methyl sites for hydroxylation is 2.